The first-order chi connectivity index (χ1) is 12.7. The number of tetrazole rings is 1. The number of para-hydroxylation sites is 1. The highest BCUT2D eigenvalue weighted by molar-refractivity contribution is 6.43. The Morgan fingerprint density at radius 3 is 2.50 bits per heavy atom. The van der Waals surface area contributed by atoms with Crippen LogP contribution < -0.4 is 5.32 Å². The first kappa shape index (κ1) is 16.6. The van der Waals surface area contributed by atoms with E-state index in [2.05, 4.69) is 37.5 Å². The molecule has 0 saturated carbocycles. The molecule has 0 aliphatic carbocycles. The third kappa shape index (κ3) is 3.16. The van der Waals surface area contributed by atoms with Gasteiger partial charge in [0, 0.05) is 24.6 Å². The zero-order valence-electron chi connectivity index (χ0n) is 13.5. The fourth-order valence-electron chi connectivity index (χ4n) is 2.70. The van der Waals surface area contributed by atoms with Crippen molar-refractivity contribution in [1.82, 2.24) is 24.8 Å². The van der Waals surface area contributed by atoms with Crippen molar-refractivity contribution < 1.29 is 0 Å². The molecule has 0 bridgehead atoms. The molecule has 8 heteroatoms. The van der Waals surface area contributed by atoms with E-state index in [1.165, 1.54) is 4.68 Å². The van der Waals surface area contributed by atoms with Gasteiger partial charge >= 0.3 is 0 Å². The Morgan fingerprint density at radius 1 is 0.885 bits per heavy atom. The average molecular weight is 385 g/mol. The SMILES string of the molecule is Clc1cccc(-n2nnnc2NCc2ccccc2-n2cccc2)c1Cl. The molecular weight excluding hydrogens is 371 g/mol. The molecule has 4 rings (SSSR count). The van der Waals surface area contributed by atoms with Crippen molar-refractivity contribution in [2.24, 2.45) is 0 Å². The molecule has 26 heavy (non-hydrogen) atoms. The highest BCUT2D eigenvalue weighted by atomic mass is 35.5. The zero-order chi connectivity index (χ0) is 17.9. The molecule has 0 atom stereocenters. The van der Waals surface area contributed by atoms with Gasteiger partial charge in [-0.15, -0.1) is 0 Å². The molecule has 6 nitrogen and oxygen atoms in total. The van der Waals surface area contributed by atoms with Gasteiger partial charge in [-0.1, -0.05) is 52.6 Å². The Bertz CT molecular complexity index is 1030. The minimum Gasteiger partial charge on any atom is -0.349 e. The maximum absolute atomic E-state index is 6.29. The second kappa shape index (κ2) is 7.19. The Kier molecular flexibility index (Phi) is 4.60. The van der Waals surface area contributed by atoms with Crippen LogP contribution in [0.4, 0.5) is 5.95 Å². The summed E-state index contributed by atoms with van der Waals surface area (Å²) in [6, 6.07) is 17.4. The molecule has 0 saturated heterocycles. The number of anilines is 1. The molecule has 130 valence electrons. The third-order valence-corrected chi connectivity index (χ3v) is 4.75. The van der Waals surface area contributed by atoms with Gasteiger partial charge in [0.25, 0.3) is 0 Å². The molecule has 0 fully saturated rings. The van der Waals surface area contributed by atoms with Gasteiger partial charge in [-0.3, -0.25) is 0 Å². The van der Waals surface area contributed by atoms with Crippen molar-refractivity contribution >= 4 is 29.2 Å². The van der Waals surface area contributed by atoms with Gasteiger partial charge in [0.2, 0.25) is 5.95 Å². The first-order valence-electron chi connectivity index (χ1n) is 7.92. The van der Waals surface area contributed by atoms with E-state index in [9.17, 15) is 0 Å². The van der Waals surface area contributed by atoms with Crippen LogP contribution in [0, 0.1) is 0 Å². The van der Waals surface area contributed by atoms with Crippen LogP contribution in [0.25, 0.3) is 11.4 Å². The number of hydrogen-bond acceptors (Lipinski definition) is 4. The number of nitrogens with one attached hydrogen (secondary N) is 1. The number of rotatable bonds is 5. The van der Waals surface area contributed by atoms with E-state index in [4.69, 9.17) is 23.2 Å². The lowest BCUT2D eigenvalue weighted by Crippen LogP contribution is -2.09. The van der Waals surface area contributed by atoms with Gasteiger partial charge in [0.15, 0.2) is 0 Å². The van der Waals surface area contributed by atoms with Crippen LogP contribution in [-0.4, -0.2) is 24.8 Å². The number of halogens is 2. The molecule has 0 aliphatic heterocycles. The van der Waals surface area contributed by atoms with Crippen LogP contribution in [0.3, 0.4) is 0 Å². The van der Waals surface area contributed by atoms with E-state index in [0.29, 0.717) is 28.2 Å². The molecule has 4 aromatic rings. The standard InChI is InChI=1S/C18H14Cl2N6/c19-14-7-5-9-16(17(14)20)26-18(22-23-24-26)21-12-13-6-1-2-8-15(13)25-10-3-4-11-25/h1-11H,12H2,(H,21,22,24). The summed E-state index contributed by atoms with van der Waals surface area (Å²) in [5.74, 6) is 0.483. The van der Waals surface area contributed by atoms with E-state index in [0.717, 1.165) is 11.3 Å². The average Bonchev–Trinajstić information content (AvgIpc) is 3.34. The largest absolute Gasteiger partial charge is 0.349 e. The maximum atomic E-state index is 6.29. The second-order valence-corrected chi connectivity index (χ2v) is 6.34. The van der Waals surface area contributed by atoms with Crippen LogP contribution in [-0.2, 0) is 6.54 Å². The van der Waals surface area contributed by atoms with Gasteiger partial charge in [-0.05, 0) is 46.3 Å². The topological polar surface area (TPSA) is 60.6 Å². The molecule has 0 aliphatic rings. The lowest BCUT2D eigenvalue weighted by atomic mass is 10.1. The maximum Gasteiger partial charge on any atom is 0.248 e. The van der Waals surface area contributed by atoms with E-state index >= 15 is 0 Å². The quantitative estimate of drug-likeness (QED) is 0.554. The highest BCUT2D eigenvalue weighted by Gasteiger charge is 2.13. The molecule has 0 spiro atoms. The van der Waals surface area contributed by atoms with Crippen molar-refractivity contribution in [2.45, 2.75) is 6.54 Å². The molecule has 0 amide bonds. The summed E-state index contributed by atoms with van der Waals surface area (Å²) in [6.07, 6.45) is 4.02. The Hall–Kier alpha value is -2.83. The van der Waals surface area contributed by atoms with Crippen LogP contribution in [0.15, 0.2) is 67.0 Å². The molecule has 2 heterocycles. The lowest BCUT2D eigenvalue weighted by Gasteiger charge is -2.12. The summed E-state index contributed by atoms with van der Waals surface area (Å²) < 4.78 is 3.60. The van der Waals surface area contributed by atoms with Crippen LogP contribution >= 0.6 is 23.2 Å². The predicted molar refractivity (Wildman–Crippen MR) is 102 cm³/mol. The Labute approximate surface area is 160 Å². The Balaban J connectivity index is 1.62. The van der Waals surface area contributed by atoms with Crippen LogP contribution in [0.5, 0.6) is 0 Å². The van der Waals surface area contributed by atoms with Gasteiger partial charge in [-0.25, -0.2) is 0 Å². The van der Waals surface area contributed by atoms with E-state index < -0.39 is 0 Å². The summed E-state index contributed by atoms with van der Waals surface area (Å²) >= 11 is 12.4. The van der Waals surface area contributed by atoms with Crippen molar-refractivity contribution in [3.8, 4) is 11.4 Å². The molecule has 2 aromatic carbocycles. The Morgan fingerprint density at radius 2 is 1.65 bits per heavy atom. The number of aromatic nitrogens is 5. The van der Waals surface area contributed by atoms with Crippen molar-refractivity contribution in [3.05, 3.63) is 82.6 Å². The molecule has 0 radical (unpaired) electrons. The second-order valence-electron chi connectivity index (χ2n) is 5.56. The monoisotopic (exact) mass is 384 g/mol. The van der Waals surface area contributed by atoms with E-state index in [-0.39, 0.29) is 0 Å². The van der Waals surface area contributed by atoms with Crippen molar-refractivity contribution in [2.75, 3.05) is 5.32 Å². The van der Waals surface area contributed by atoms with Crippen LogP contribution in [0.2, 0.25) is 10.0 Å². The minimum atomic E-state index is 0.400. The molecule has 1 N–H and O–H groups in total. The first-order valence-corrected chi connectivity index (χ1v) is 8.67. The van der Waals surface area contributed by atoms with Crippen LogP contribution in [0.1, 0.15) is 5.56 Å². The summed E-state index contributed by atoms with van der Waals surface area (Å²) in [5.41, 5.74) is 2.81. The van der Waals surface area contributed by atoms with Crippen molar-refractivity contribution in [1.29, 1.82) is 0 Å². The summed E-state index contributed by atoms with van der Waals surface area (Å²) in [6.45, 7) is 0.549. The lowest BCUT2D eigenvalue weighted by molar-refractivity contribution is 0.789. The normalized spacial score (nSPS) is 10.8. The van der Waals surface area contributed by atoms with E-state index in [1.54, 1.807) is 12.1 Å². The van der Waals surface area contributed by atoms with E-state index in [1.807, 2.05) is 42.7 Å². The molecule has 2 aromatic heterocycles. The minimum absolute atomic E-state index is 0.400. The summed E-state index contributed by atoms with van der Waals surface area (Å²) in [7, 11) is 0. The summed E-state index contributed by atoms with van der Waals surface area (Å²) in [5, 5.41) is 15.9. The van der Waals surface area contributed by atoms with Gasteiger partial charge in [-0.2, -0.15) is 4.68 Å². The highest BCUT2D eigenvalue weighted by Crippen LogP contribution is 2.29. The molecular formula is C18H14Cl2N6. The zero-order valence-corrected chi connectivity index (χ0v) is 15.1. The fraction of sp³-hybridized carbons (Fsp3) is 0.0556. The fourth-order valence-corrected chi connectivity index (χ4v) is 3.07. The van der Waals surface area contributed by atoms with Crippen molar-refractivity contribution in [3.63, 3.8) is 0 Å². The predicted octanol–water partition coefficient (Wildman–Crippen LogP) is 4.37. The van der Waals surface area contributed by atoms with Gasteiger partial charge in [0.05, 0.1) is 15.7 Å². The number of benzene rings is 2. The van der Waals surface area contributed by atoms with Gasteiger partial charge < -0.3 is 9.88 Å². The number of nitrogens with zero attached hydrogens (tertiary/aromatic N) is 5. The summed E-state index contributed by atoms with van der Waals surface area (Å²) in [4.78, 5) is 0. The van der Waals surface area contributed by atoms with Gasteiger partial charge in [0.1, 0.15) is 0 Å². The number of hydrogen-bond donors (Lipinski definition) is 1. The molecule has 0 unspecified atom stereocenters. The smallest absolute Gasteiger partial charge is 0.248 e. The third-order valence-electron chi connectivity index (χ3n) is 3.94.